The van der Waals surface area contributed by atoms with E-state index in [9.17, 15) is 25.0 Å². The summed E-state index contributed by atoms with van der Waals surface area (Å²) in [4.78, 5) is 33.3. The molecule has 0 aromatic heterocycles. The van der Waals surface area contributed by atoms with Gasteiger partial charge in [0.05, 0.1) is 27.5 Å². The standard InChI is InChI=1S/C18H20ClN3O5S/c1-28(2,19)9-8-17(13-6-4-3-5-7-13)20-18(23)14-10-15(21(24)25)12-16(11-14)22(26)27/h3-7,10-12,17H,8-9H2,1-2H3,(H,20,23)/t17-/m0/s1. The molecule has 1 atom stereocenters. The van der Waals surface area contributed by atoms with Gasteiger partial charge in [-0.15, -0.1) is 0 Å². The Hall–Kier alpha value is -2.65. The van der Waals surface area contributed by atoms with E-state index in [1.807, 2.05) is 42.8 Å². The number of non-ortho nitro benzene ring substituents is 2. The first-order valence-corrected chi connectivity index (χ1v) is 11.7. The number of carbonyl (C=O) groups is 1. The minimum absolute atomic E-state index is 0.140. The van der Waals surface area contributed by atoms with Crippen molar-refractivity contribution < 1.29 is 14.6 Å². The Morgan fingerprint density at radius 2 is 1.61 bits per heavy atom. The first-order valence-electron chi connectivity index (χ1n) is 8.27. The fourth-order valence-corrected chi connectivity index (χ4v) is 3.65. The fraction of sp³-hybridized carbons (Fsp3) is 0.278. The number of nitrogens with one attached hydrogen (secondary N) is 1. The van der Waals surface area contributed by atoms with Crippen molar-refractivity contribution >= 4 is 37.2 Å². The molecular formula is C18H20ClN3O5S. The first-order chi connectivity index (χ1) is 13.1. The normalized spacial score (nSPS) is 12.8. The van der Waals surface area contributed by atoms with Crippen molar-refractivity contribution in [1.29, 1.82) is 0 Å². The predicted octanol–water partition coefficient (Wildman–Crippen LogP) is 4.58. The molecule has 150 valence electrons. The van der Waals surface area contributed by atoms with Gasteiger partial charge in [0.25, 0.3) is 17.3 Å². The van der Waals surface area contributed by atoms with E-state index < -0.39 is 36.4 Å². The lowest BCUT2D eigenvalue weighted by atomic mass is 10.0. The van der Waals surface area contributed by atoms with Crippen LogP contribution in [0.4, 0.5) is 11.4 Å². The van der Waals surface area contributed by atoms with Crippen LogP contribution in [-0.2, 0) is 0 Å². The number of carbonyl (C=O) groups excluding carboxylic acids is 1. The lowest BCUT2D eigenvalue weighted by Crippen LogP contribution is -2.29. The van der Waals surface area contributed by atoms with Crippen LogP contribution >= 0.6 is 19.9 Å². The smallest absolute Gasteiger partial charge is 0.277 e. The van der Waals surface area contributed by atoms with Gasteiger partial charge in [-0.3, -0.25) is 25.0 Å². The minimum atomic E-state index is -1.32. The summed E-state index contributed by atoms with van der Waals surface area (Å²) in [5, 5.41) is 24.9. The number of hydrogen-bond acceptors (Lipinski definition) is 5. The molecule has 8 nitrogen and oxygen atoms in total. The Morgan fingerprint density at radius 1 is 1.07 bits per heavy atom. The Bertz CT molecular complexity index is 854. The largest absolute Gasteiger partial charge is 0.345 e. The van der Waals surface area contributed by atoms with E-state index in [4.69, 9.17) is 10.7 Å². The summed E-state index contributed by atoms with van der Waals surface area (Å²) in [5.74, 6) is 0.0618. The molecule has 0 aliphatic heterocycles. The van der Waals surface area contributed by atoms with Crippen LogP contribution in [-0.4, -0.2) is 34.0 Å². The Morgan fingerprint density at radius 3 is 2.07 bits per heavy atom. The molecule has 28 heavy (non-hydrogen) atoms. The fourth-order valence-electron chi connectivity index (χ4n) is 2.58. The van der Waals surface area contributed by atoms with E-state index in [0.29, 0.717) is 12.2 Å². The number of rotatable bonds is 8. The molecule has 0 saturated heterocycles. The van der Waals surface area contributed by atoms with Gasteiger partial charge >= 0.3 is 0 Å². The van der Waals surface area contributed by atoms with Gasteiger partial charge in [0.2, 0.25) is 0 Å². The van der Waals surface area contributed by atoms with Crippen molar-refractivity contribution in [2.24, 2.45) is 0 Å². The van der Waals surface area contributed by atoms with Gasteiger partial charge in [-0.2, -0.15) is 9.24 Å². The van der Waals surface area contributed by atoms with Crippen LogP contribution in [0.15, 0.2) is 48.5 Å². The van der Waals surface area contributed by atoms with Gasteiger partial charge in [0.15, 0.2) is 0 Å². The lowest BCUT2D eigenvalue weighted by molar-refractivity contribution is -0.394. The van der Waals surface area contributed by atoms with Gasteiger partial charge in [0.1, 0.15) is 0 Å². The third-order valence-electron chi connectivity index (χ3n) is 3.99. The van der Waals surface area contributed by atoms with Crippen LogP contribution in [0, 0.1) is 20.2 Å². The number of benzene rings is 2. The van der Waals surface area contributed by atoms with Gasteiger partial charge in [-0.1, -0.05) is 41.0 Å². The lowest BCUT2D eigenvalue weighted by Gasteiger charge is -2.26. The second-order valence-electron chi connectivity index (χ2n) is 6.59. The number of halogens is 1. The maximum atomic E-state index is 12.7. The molecule has 2 rings (SSSR count). The zero-order valence-electron chi connectivity index (χ0n) is 15.3. The Balaban J connectivity index is 2.32. The summed E-state index contributed by atoms with van der Waals surface area (Å²) in [5.41, 5.74) is -0.306. The van der Waals surface area contributed by atoms with Crippen LogP contribution in [0.25, 0.3) is 0 Å². The van der Waals surface area contributed by atoms with E-state index >= 15 is 0 Å². The van der Waals surface area contributed by atoms with E-state index in [0.717, 1.165) is 23.8 Å². The van der Waals surface area contributed by atoms with Gasteiger partial charge < -0.3 is 5.32 Å². The van der Waals surface area contributed by atoms with Gasteiger partial charge in [-0.05, 0) is 30.2 Å². The molecule has 0 radical (unpaired) electrons. The average Bonchev–Trinajstić information content (AvgIpc) is 2.64. The molecule has 1 N–H and O–H groups in total. The van der Waals surface area contributed by atoms with Crippen LogP contribution < -0.4 is 5.32 Å². The highest BCUT2D eigenvalue weighted by molar-refractivity contribution is 8.50. The molecule has 0 aliphatic rings. The molecule has 10 heteroatoms. The van der Waals surface area contributed by atoms with Gasteiger partial charge in [-0.25, -0.2) is 0 Å². The molecule has 0 saturated carbocycles. The van der Waals surface area contributed by atoms with Crippen molar-refractivity contribution in [3.8, 4) is 0 Å². The average molecular weight is 426 g/mol. The molecule has 0 unspecified atom stereocenters. The molecule has 0 spiro atoms. The van der Waals surface area contributed by atoms with Crippen LogP contribution in [0.1, 0.15) is 28.4 Å². The SMILES string of the molecule is CS(C)(Cl)CC[C@H](NC(=O)c1cc([N+](=O)[O-])cc([N+](=O)[O-])c1)c1ccccc1. The molecule has 2 aromatic rings. The number of hydrogen-bond donors (Lipinski definition) is 1. The monoisotopic (exact) mass is 425 g/mol. The molecule has 0 fully saturated rings. The van der Waals surface area contributed by atoms with Gasteiger partial charge in [0, 0.05) is 12.1 Å². The molecule has 0 heterocycles. The van der Waals surface area contributed by atoms with E-state index in [1.165, 1.54) is 0 Å². The molecule has 0 aliphatic carbocycles. The zero-order chi connectivity index (χ0) is 20.9. The Labute approximate surface area is 168 Å². The summed E-state index contributed by atoms with van der Waals surface area (Å²) in [6, 6.07) is 11.7. The van der Waals surface area contributed by atoms with Crippen LogP contribution in [0.5, 0.6) is 0 Å². The third-order valence-corrected chi connectivity index (χ3v) is 5.65. The molecular weight excluding hydrogens is 406 g/mol. The second-order valence-corrected chi connectivity index (χ2v) is 12.3. The van der Waals surface area contributed by atoms with Crippen LogP contribution in [0.3, 0.4) is 0 Å². The van der Waals surface area contributed by atoms with Crippen molar-refractivity contribution in [2.45, 2.75) is 12.5 Å². The highest BCUT2D eigenvalue weighted by Crippen LogP contribution is 2.46. The summed E-state index contributed by atoms with van der Waals surface area (Å²) in [7, 11) is 5.03. The maximum absolute atomic E-state index is 12.7. The minimum Gasteiger partial charge on any atom is -0.345 e. The maximum Gasteiger partial charge on any atom is 0.277 e. The first kappa shape index (κ1) is 21.6. The second kappa shape index (κ2) is 9.03. The quantitative estimate of drug-likeness (QED) is 0.490. The Kier molecular flexibility index (Phi) is 6.98. The van der Waals surface area contributed by atoms with E-state index in [-0.39, 0.29) is 11.6 Å². The summed E-state index contributed by atoms with van der Waals surface area (Å²) in [6.07, 6.45) is 4.46. The van der Waals surface area contributed by atoms with Crippen molar-refractivity contribution in [3.05, 3.63) is 79.9 Å². The van der Waals surface area contributed by atoms with Crippen molar-refractivity contribution in [1.82, 2.24) is 5.32 Å². The molecule has 1 amide bonds. The third kappa shape index (κ3) is 6.21. The highest BCUT2D eigenvalue weighted by Gasteiger charge is 2.23. The summed E-state index contributed by atoms with van der Waals surface area (Å²) >= 11 is 0. The van der Waals surface area contributed by atoms with E-state index in [1.54, 1.807) is 0 Å². The topological polar surface area (TPSA) is 115 Å². The molecule has 2 aromatic carbocycles. The number of nitro benzene ring substituents is 2. The van der Waals surface area contributed by atoms with Crippen molar-refractivity contribution in [2.75, 3.05) is 18.3 Å². The van der Waals surface area contributed by atoms with E-state index in [2.05, 4.69) is 5.32 Å². The van der Waals surface area contributed by atoms with Crippen molar-refractivity contribution in [3.63, 3.8) is 0 Å². The molecule has 0 bridgehead atoms. The number of amides is 1. The summed E-state index contributed by atoms with van der Waals surface area (Å²) in [6.45, 7) is 0. The summed E-state index contributed by atoms with van der Waals surface area (Å²) < 4.78 is 0. The zero-order valence-corrected chi connectivity index (χ0v) is 16.9. The highest BCUT2D eigenvalue weighted by atomic mass is 35.7. The predicted molar refractivity (Wildman–Crippen MR) is 111 cm³/mol. The van der Waals surface area contributed by atoms with Crippen LogP contribution in [0.2, 0.25) is 0 Å². The number of nitrogens with zero attached hydrogens (tertiary/aromatic N) is 2. The number of nitro groups is 2.